The van der Waals surface area contributed by atoms with Gasteiger partial charge in [0.05, 0.1) is 5.02 Å². The van der Waals surface area contributed by atoms with E-state index in [-0.39, 0.29) is 11.7 Å². The first kappa shape index (κ1) is 12.8. The molecule has 0 unspecified atom stereocenters. The molecule has 0 saturated carbocycles. The SMILES string of the molecule is O=C(c1cc2c(cc1Cl)OCCO2)C1CCNCC1. The lowest BCUT2D eigenvalue weighted by Crippen LogP contribution is -2.32. The number of ketones is 1. The molecule has 0 aromatic heterocycles. The highest BCUT2D eigenvalue weighted by Gasteiger charge is 2.26. The molecule has 0 aliphatic carbocycles. The Hall–Kier alpha value is -1.26. The summed E-state index contributed by atoms with van der Waals surface area (Å²) in [5.74, 6) is 1.41. The van der Waals surface area contributed by atoms with Crippen molar-refractivity contribution < 1.29 is 14.3 Å². The number of rotatable bonds is 2. The number of Topliss-reactive ketones (excluding diaryl/α,β-unsaturated/α-hetero) is 1. The van der Waals surface area contributed by atoms with Crippen LogP contribution in [0.1, 0.15) is 23.2 Å². The molecule has 2 aliphatic heterocycles. The fourth-order valence-corrected chi connectivity index (χ4v) is 2.80. The summed E-state index contributed by atoms with van der Waals surface area (Å²) in [5, 5.41) is 3.71. The Labute approximate surface area is 117 Å². The van der Waals surface area contributed by atoms with Gasteiger partial charge in [0.15, 0.2) is 17.3 Å². The molecule has 102 valence electrons. The van der Waals surface area contributed by atoms with Gasteiger partial charge >= 0.3 is 0 Å². The first-order valence-electron chi connectivity index (χ1n) is 6.60. The molecule has 1 N–H and O–H groups in total. The van der Waals surface area contributed by atoms with Gasteiger partial charge in [0.25, 0.3) is 0 Å². The molecule has 0 spiro atoms. The maximum atomic E-state index is 12.5. The van der Waals surface area contributed by atoms with Gasteiger partial charge in [-0.2, -0.15) is 0 Å². The van der Waals surface area contributed by atoms with Gasteiger partial charge in [-0.25, -0.2) is 0 Å². The second-order valence-corrected chi connectivity index (χ2v) is 5.27. The van der Waals surface area contributed by atoms with E-state index in [2.05, 4.69) is 5.32 Å². The van der Waals surface area contributed by atoms with Crippen LogP contribution in [0.2, 0.25) is 5.02 Å². The monoisotopic (exact) mass is 281 g/mol. The lowest BCUT2D eigenvalue weighted by molar-refractivity contribution is 0.0894. The van der Waals surface area contributed by atoms with Gasteiger partial charge in [-0.1, -0.05) is 11.6 Å². The summed E-state index contributed by atoms with van der Waals surface area (Å²) in [6.07, 6.45) is 1.73. The number of nitrogens with one attached hydrogen (secondary N) is 1. The summed E-state index contributed by atoms with van der Waals surface area (Å²) in [4.78, 5) is 12.5. The summed E-state index contributed by atoms with van der Waals surface area (Å²) >= 11 is 6.20. The largest absolute Gasteiger partial charge is 0.486 e. The molecule has 0 atom stereocenters. The summed E-state index contributed by atoms with van der Waals surface area (Å²) < 4.78 is 11.0. The first-order chi connectivity index (χ1) is 9.25. The number of carbonyl (C=O) groups is 1. The molecule has 5 heteroatoms. The molecule has 0 amide bonds. The van der Waals surface area contributed by atoms with Crippen molar-refractivity contribution in [2.75, 3.05) is 26.3 Å². The number of hydrogen-bond acceptors (Lipinski definition) is 4. The van der Waals surface area contributed by atoms with Crippen LogP contribution in [0, 0.1) is 5.92 Å². The van der Waals surface area contributed by atoms with Crippen molar-refractivity contribution in [3.8, 4) is 11.5 Å². The van der Waals surface area contributed by atoms with Crippen LogP contribution < -0.4 is 14.8 Å². The number of fused-ring (bicyclic) bond motifs is 1. The molecule has 1 aromatic carbocycles. The third kappa shape index (κ3) is 2.55. The topological polar surface area (TPSA) is 47.6 Å². The van der Waals surface area contributed by atoms with E-state index in [0.717, 1.165) is 25.9 Å². The molecule has 3 rings (SSSR count). The van der Waals surface area contributed by atoms with Crippen molar-refractivity contribution in [3.05, 3.63) is 22.7 Å². The predicted octanol–water partition coefficient (Wildman–Crippen LogP) is 2.29. The van der Waals surface area contributed by atoms with Crippen LogP contribution in [0.3, 0.4) is 0 Å². The average molecular weight is 282 g/mol. The minimum atomic E-state index is 0.0568. The summed E-state index contributed by atoms with van der Waals surface area (Å²) in [6, 6.07) is 3.41. The molecular formula is C14H16ClNO3. The number of carbonyl (C=O) groups excluding carboxylic acids is 1. The van der Waals surface area contributed by atoms with E-state index in [9.17, 15) is 4.79 Å². The van der Waals surface area contributed by atoms with Gasteiger partial charge in [-0.15, -0.1) is 0 Å². The van der Waals surface area contributed by atoms with Crippen molar-refractivity contribution >= 4 is 17.4 Å². The maximum Gasteiger partial charge on any atom is 0.167 e. The second kappa shape index (κ2) is 5.39. The first-order valence-corrected chi connectivity index (χ1v) is 6.97. The van der Waals surface area contributed by atoms with Crippen LogP contribution in [-0.2, 0) is 0 Å². The van der Waals surface area contributed by atoms with Crippen LogP contribution in [0.25, 0.3) is 0 Å². The van der Waals surface area contributed by atoms with E-state index in [1.807, 2.05) is 0 Å². The summed E-state index contributed by atoms with van der Waals surface area (Å²) in [5.41, 5.74) is 0.554. The highest BCUT2D eigenvalue weighted by molar-refractivity contribution is 6.34. The summed E-state index contributed by atoms with van der Waals surface area (Å²) in [6.45, 7) is 2.80. The summed E-state index contributed by atoms with van der Waals surface area (Å²) in [7, 11) is 0. The number of hydrogen-bond donors (Lipinski definition) is 1. The van der Waals surface area contributed by atoms with Crippen LogP contribution in [-0.4, -0.2) is 32.1 Å². The van der Waals surface area contributed by atoms with E-state index >= 15 is 0 Å². The minimum absolute atomic E-state index is 0.0568. The second-order valence-electron chi connectivity index (χ2n) is 4.86. The van der Waals surface area contributed by atoms with Crippen molar-refractivity contribution in [2.24, 2.45) is 5.92 Å². The number of ether oxygens (including phenoxy) is 2. The van der Waals surface area contributed by atoms with Gasteiger partial charge in [0.1, 0.15) is 13.2 Å². The average Bonchev–Trinajstić information content (AvgIpc) is 2.47. The standard InChI is InChI=1S/C14H16ClNO3/c15-11-8-13-12(18-5-6-19-13)7-10(11)14(17)9-1-3-16-4-2-9/h7-9,16H,1-6H2. The third-order valence-corrected chi connectivity index (χ3v) is 3.92. The van der Waals surface area contributed by atoms with Gasteiger partial charge in [-0.3, -0.25) is 4.79 Å². The van der Waals surface area contributed by atoms with E-state index in [0.29, 0.717) is 35.3 Å². The molecule has 4 nitrogen and oxygen atoms in total. The zero-order valence-electron chi connectivity index (χ0n) is 10.6. The van der Waals surface area contributed by atoms with Gasteiger partial charge in [0, 0.05) is 17.5 Å². The van der Waals surface area contributed by atoms with Crippen LogP contribution in [0.4, 0.5) is 0 Å². The predicted molar refractivity (Wildman–Crippen MR) is 72.4 cm³/mol. The Kier molecular flexibility index (Phi) is 3.62. The normalized spacial score (nSPS) is 19.2. The zero-order valence-corrected chi connectivity index (χ0v) is 11.3. The van der Waals surface area contributed by atoms with Gasteiger partial charge in [0.2, 0.25) is 0 Å². The van der Waals surface area contributed by atoms with E-state index < -0.39 is 0 Å². The Morgan fingerprint density at radius 1 is 1.16 bits per heavy atom. The lowest BCUT2D eigenvalue weighted by Gasteiger charge is -2.23. The fourth-order valence-electron chi connectivity index (χ4n) is 2.56. The highest BCUT2D eigenvalue weighted by atomic mass is 35.5. The van der Waals surface area contributed by atoms with E-state index in [1.54, 1.807) is 12.1 Å². The minimum Gasteiger partial charge on any atom is -0.486 e. The van der Waals surface area contributed by atoms with Crippen molar-refractivity contribution in [1.29, 1.82) is 0 Å². The zero-order chi connectivity index (χ0) is 13.2. The Morgan fingerprint density at radius 2 is 1.79 bits per heavy atom. The Morgan fingerprint density at radius 3 is 2.47 bits per heavy atom. The molecule has 1 fully saturated rings. The van der Waals surface area contributed by atoms with Gasteiger partial charge in [-0.05, 0) is 32.0 Å². The van der Waals surface area contributed by atoms with E-state index in [1.165, 1.54) is 0 Å². The molecule has 0 bridgehead atoms. The quantitative estimate of drug-likeness (QED) is 0.845. The Balaban J connectivity index is 1.89. The highest BCUT2D eigenvalue weighted by Crippen LogP contribution is 2.36. The molecule has 19 heavy (non-hydrogen) atoms. The third-order valence-electron chi connectivity index (χ3n) is 3.61. The van der Waals surface area contributed by atoms with Crippen LogP contribution in [0.15, 0.2) is 12.1 Å². The fraction of sp³-hybridized carbons (Fsp3) is 0.500. The van der Waals surface area contributed by atoms with Gasteiger partial charge < -0.3 is 14.8 Å². The maximum absolute atomic E-state index is 12.5. The molecule has 0 radical (unpaired) electrons. The van der Waals surface area contributed by atoms with Crippen molar-refractivity contribution in [2.45, 2.75) is 12.8 Å². The van der Waals surface area contributed by atoms with Crippen LogP contribution >= 0.6 is 11.6 Å². The van der Waals surface area contributed by atoms with E-state index in [4.69, 9.17) is 21.1 Å². The van der Waals surface area contributed by atoms with Crippen LogP contribution in [0.5, 0.6) is 11.5 Å². The smallest absolute Gasteiger partial charge is 0.167 e. The molecule has 1 saturated heterocycles. The lowest BCUT2D eigenvalue weighted by atomic mass is 9.89. The van der Waals surface area contributed by atoms with Crippen molar-refractivity contribution in [3.63, 3.8) is 0 Å². The molecule has 1 aromatic rings. The molecule has 2 heterocycles. The Bertz CT molecular complexity index is 498. The molecule has 2 aliphatic rings. The molecular weight excluding hydrogens is 266 g/mol. The van der Waals surface area contributed by atoms with Crippen molar-refractivity contribution in [1.82, 2.24) is 5.32 Å². The number of piperidine rings is 1. The number of halogens is 1. The number of benzene rings is 1.